The van der Waals surface area contributed by atoms with Crippen LogP contribution in [0.3, 0.4) is 0 Å². The van der Waals surface area contributed by atoms with E-state index in [9.17, 15) is 0 Å². The van der Waals surface area contributed by atoms with Crippen LogP contribution in [-0.2, 0) is 6.54 Å². The summed E-state index contributed by atoms with van der Waals surface area (Å²) in [6.45, 7) is 4.02. The van der Waals surface area contributed by atoms with Crippen LogP contribution in [0, 0.1) is 6.92 Å². The first-order chi connectivity index (χ1) is 8.62. The molecule has 0 aromatic carbocycles. The van der Waals surface area contributed by atoms with Gasteiger partial charge in [-0.25, -0.2) is 0 Å². The molecule has 100 valence electrons. The highest BCUT2D eigenvalue weighted by Gasteiger charge is 2.35. The molecule has 1 aliphatic carbocycles. The van der Waals surface area contributed by atoms with Crippen molar-refractivity contribution < 1.29 is 0 Å². The second-order valence-electron chi connectivity index (χ2n) is 5.74. The Morgan fingerprint density at radius 1 is 1.28 bits per heavy atom. The van der Waals surface area contributed by atoms with E-state index in [-0.39, 0.29) is 0 Å². The zero-order chi connectivity index (χ0) is 13.0. The lowest BCUT2D eigenvalue weighted by molar-refractivity contribution is 0.153. The molecule has 0 amide bonds. The average Bonchev–Trinajstić information content (AvgIpc) is 2.82. The minimum Gasteiger partial charge on any atom is -0.311 e. The van der Waals surface area contributed by atoms with E-state index in [0.29, 0.717) is 5.54 Å². The summed E-state index contributed by atoms with van der Waals surface area (Å²) in [5.74, 6) is 0. The summed E-state index contributed by atoms with van der Waals surface area (Å²) < 4.78 is 0. The number of nitrogens with zero attached hydrogens (tertiary/aromatic N) is 2. The first-order valence-corrected chi connectivity index (χ1v) is 6.92. The smallest absolute Gasteiger partial charge is 0.0372 e. The first kappa shape index (κ1) is 13.5. The number of hydrogen-bond acceptors (Lipinski definition) is 3. The van der Waals surface area contributed by atoms with Crippen LogP contribution in [0.25, 0.3) is 0 Å². The summed E-state index contributed by atoms with van der Waals surface area (Å²) in [5, 5.41) is 3.60. The van der Waals surface area contributed by atoms with Crippen molar-refractivity contribution in [1.82, 2.24) is 15.2 Å². The number of hydrogen-bond donors (Lipinski definition) is 1. The maximum absolute atomic E-state index is 4.33. The van der Waals surface area contributed by atoms with Crippen LogP contribution in [0.1, 0.15) is 36.9 Å². The molecule has 0 spiro atoms. The van der Waals surface area contributed by atoms with Crippen molar-refractivity contribution in [3.8, 4) is 0 Å². The van der Waals surface area contributed by atoms with Crippen LogP contribution in [0.15, 0.2) is 18.3 Å². The second-order valence-corrected chi connectivity index (χ2v) is 5.74. The van der Waals surface area contributed by atoms with Crippen molar-refractivity contribution in [2.45, 2.75) is 44.7 Å². The lowest BCUT2D eigenvalue weighted by atomic mass is 9.96. The van der Waals surface area contributed by atoms with Gasteiger partial charge in [-0.1, -0.05) is 18.9 Å². The molecule has 0 saturated heterocycles. The molecule has 0 bridgehead atoms. The predicted octanol–water partition coefficient (Wildman–Crippen LogP) is 2.35. The summed E-state index contributed by atoms with van der Waals surface area (Å²) in [7, 11) is 4.42. The van der Waals surface area contributed by atoms with E-state index < -0.39 is 0 Å². The summed E-state index contributed by atoms with van der Waals surface area (Å²) in [5.41, 5.74) is 2.73. The van der Waals surface area contributed by atoms with Crippen molar-refractivity contribution >= 4 is 0 Å². The SMILES string of the molecule is Cc1ccc(CNCC2(N(C)C)CCCC2)cn1. The Morgan fingerprint density at radius 3 is 2.56 bits per heavy atom. The fraction of sp³-hybridized carbons (Fsp3) is 0.667. The van der Waals surface area contributed by atoms with Gasteiger partial charge in [0.05, 0.1) is 0 Å². The number of pyridine rings is 1. The third kappa shape index (κ3) is 3.09. The molecule has 3 heteroatoms. The molecule has 1 N–H and O–H groups in total. The van der Waals surface area contributed by atoms with Gasteiger partial charge in [0.15, 0.2) is 0 Å². The molecule has 1 aliphatic rings. The van der Waals surface area contributed by atoms with Crippen molar-refractivity contribution in [3.05, 3.63) is 29.6 Å². The Hall–Kier alpha value is -0.930. The molecular formula is C15H25N3. The monoisotopic (exact) mass is 247 g/mol. The predicted molar refractivity (Wildman–Crippen MR) is 75.6 cm³/mol. The van der Waals surface area contributed by atoms with Crippen LogP contribution in [0.2, 0.25) is 0 Å². The van der Waals surface area contributed by atoms with Gasteiger partial charge in [0.2, 0.25) is 0 Å². The molecule has 1 aromatic heterocycles. The highest BCUT2D eigenvalue weighted by Crippen LogP contribution is 2.33. The quantitative estimate of drug-likeness (QED) is 0.865. The minimum atomic E-state index is 0.373. The van der Waals surface area contributed by atoms with Crippen LogP contribution < -0.4 is 5.32 Å². The summed E-state index contributed by atoms with van der Waals surface area (Å²) in [4.78, 5) is 6.73. The molecular weight excluding hydrogens is 222 g/mol. The average molecular weight is 247 g/mol. The van der Waals surface area contributed by atoms with Crippen LogP contribution in [0.4, 0.5) is 0 Å². The molecule has 0 aliphatic heterocycles. The Balaban J connectivity index is 1.85. The van der Waals surface area contributed by atoms with E-state index in [4.69, 9.17) is 0 Å². The van der Waals surface area contributed by atoms with Gasteiger partial charge in [-0.15, -0.1) is 0 Å². The van der Waals surface area contributed by atoms with Crippen LogP contribution in [-0.4, -0.2) is 36.1 Å². The Kier molecular flexibility index (Phi) is 4.36. The summed E-state index contributed by atoms with van der Waals surface area (Å²) >= 11 is 0. The zero-order valence-corrected chi connectivity index (χ0v) is 11.9. The Bertz CT molecular complexity index is 364. The number of nitrogens with one attached hydrogen (secondary N) is 1. The van der Waals surface area contributed by atoms with Gasteiger partial charge < -0.3 is 10.2 Å². The lowest BCUT2D eigenvalue weighted by Crippen LogP contribution is -2.49. The van der Waals surface area contributed by atoms with Gasteiger partial charge in [-0.3, -0.25) is 4.98 Å². The third-order valence-corrected chi connectivity index (χ3v) is 4.24. The number of aryl methyl sites for hydroxylation is 1. The van der Waals surface area contributed by atoms with Crippen molar-refractivity contribution in [3.63, 3.8) is 0 Å². The molecule has 1 heterocycles. The Labute approximate surface area is 111 Å². The molecule has 0 atom stereocenters. The normalized spacial score (nSPS) is 18.4. The van der Waals surface area contributed by atoms with Gasteiger partial charge >= 0.3 is 0 Å². The number of aromatic nitrogens is 1. The third-order valence-electron chi connectivity index (χ3n) is 4.24. The molecule has 0 radical (unpaired) electrons. The molecule has 1 fully saturated rings. The summed E-state index contributed by atoms with van der Waals surface area (Å²) in [6.07, 6.45) is 7.34. The Morgan fingerprint density at radius 2 is 2.00 bits per heavy atom. The van der Waals surface area contributed by atoms with E-state index in [1.807, 2.05) is 13.1 Å². The van der Waals surface area contributed by atoms with Crippen molar-refractivity contribution in [2.24, 2.45) is 0 Å². The van der Waals surface area contributed by atoms with Crippen LogP contribution in [0.5, 0.6) is 0 Å². The molecule has 3 nitrogen and oxygen atoms in total. The second kappa shape index (κ2) is 5.81. The van der Waals surface area contributed by atoms with Gasteiger partial charge in [0.25, 0.3) is 0 Å². The van der Waals surface area contributed by atoms with Gasteiger partial charge in [-0.2, -0.15) is 0 Å². The first-order valence-electron chi connectivity index (χ1n) is 6.92. The molecule has 0 unspecified atom stereocenters. The molecule has 1 aromatic rings. The van der Waals surface area contributed by atoms with Gasteiger partial charge in [-0.05, 0) is 45.5 Å². The fourth-order valence-electron chi connectivity index (χ4n) is 2.86. The van der Waals surface area contributed by atoms with Crippen molar-refractivity contribution in [1.29, 1.82) is 0 Å². The van der Waals surface area contributed by atoms with E-state index >= 15 is 0 Å². The number of rotatable bonds is 5. The highest BCUT2D eigenvalue weighted by atomic mass is 15.2. The number of likely N-dealkylation sites (N-methyl/N-ethyl adjacent to an activating group) is 1. The molecule has 2 rings (SSSR count). The highest BCUT2D eigenvalue weighted by molar-refractivity contribution is 5.13. The molecule has 1 saturated carbocycles. The fourth-order valence-corrected chi connectivity index (χ4v) is 2.86. The summed E-state index contributed by atoms with van der Waals surface area (Å²) in [6, 6.07) is 4.24. The molecule has 18 heavy (non-hydrogen) atoms. The minimum absolute atomic E-state index is 0.373. The van der Waals surface area contributed by atoms with Crippen molar-refractivity contribution in [2.75, 3.05) is 20.6 Å². The lowest BCUT2D eigenvalue weighted by Gasteiger charge is -2.36. The van der Waals surface area contributed by atoms with E-state index in [1.54, 1.807) is 0 Å². The van der Waals surface area contributed by atoms with Gasteiger partial charge in [0, 0.05) is 30.5 Å². The van der Waals surface area contributed by atoms with E-state index in [0.717, 1.165) is 18.8 Å². The standard InChI is InChI=1S/C15H25N3/c1-13-6-7-14(11-17-13)10-16-12-15(18(2)3)8-4-5-9-15/h6-7,11,16H,4-5,8-10,12H2,1-3H3. The van der Waals surface area contributed by atoms with E-state index in [1.165, 1.54) is 31.2 Å². The maximum Gasteiger partial charge on any atom is 0.0372 e. The maximum atomic E-state index is 4.33. The zero-order valence-electron chi connectivity index (χ0n) is 11.9. The van der Waals surface area contributed by atoms with Gasteiger partial charge in [0.1, 0.15) is 0 Å². The topological polar surface area (TPSA) is 28.2 Å². The van der Waals surface area contributed by atoms with E-state index in [2.05, 4.69) is 41.4 Å². The van der Waals surface area contributed by atoms with Crippen LogP contribution >= 0.6 is 0 Å². The largest absolute Gasteiger partial charge is 0.311 e.